The summed E-state index contributed by atoms with van der Waals surface area (Å²) in [7, 11) is 0. The zero-order valence-electron chi connectivity index (χ0n) is 5.54. The first-order valence-electron chi connectivity index (χ1n) is 3.28. The fraction of sp³-hybridized carbons (Fsp3) is 0.286. The first-order chi connectivity index (χ1) is 4.97. The van der Waals surface area contributed by atoms with Crippen LogP contribution in [-0.2, 0) is 6.54 Å². The van der Waals surface area contributed by atoms with Crippen LogP contribution in [0.4, 0.5) is 5.69 Å². The van der Waals surface area contributed by atoms with Gasteiger partial charge in [0.25, 0.3) is 0 Å². The number of anilines is 1. The van der Waals surface area contributed by atoms with Crippen molar-refractivity contribution >= 4 is 5.69 Å². The van der Waals surface area contributed by atoms with Crippen LogP contribution < -0.4 is 10.6 Å². The van der Waals surface area contributed by atoms with Gasteiger partial charge >= 0.3 is 0 Å². The maximum atomic E-state index is 4.16. The molecule has 1 N–H and O–H groups in total. The third kappa shape index (κ3) is 0.844. The summed E-state index contributed by atoms with van der Waals surface area (Å²) in [5.41, 5.74) is 2.17. The molecule has 10 heavy (non-hydrogen) atoms. The van der Waals surface area contributed by atoms with Crippen molar-refractivity contribution in [2.75, 3.05) is 12.0 Å². The van der Waals surface area contributed by atoms with Crippen molar-refractivity contribution in [3.8, 4) is 0 Å². The minimum absolute atomic E-state index is 0.721. The van der Waals surface area contributed by atoms with E-state index in [4.69, 9.17) is 0 Å². The SMILES string of the molecule is c1cnc2c(c1)NC[N]C2. The van der Waals surface area contributed by atoms with Crippen molar-refractivity contribution in [2.24, 2.45) is 0 Å². The van der Waals surface area contributed by atoms with Crippen LogP contribution in [0.25, 0.3) is 0 Å². The Balaban J connectivity index is 2.41. The van der Waals surface area contributed by atoms with Crippen molar-refractivity contribution in [1.82, 2.24) is 10.3 Å². The number of hydrogen-bond acceptors (Lipinski definition) is 2. The molecule has 0 spiro atoms. The summed E-state index contributed by atoms with van der Waals surface area (Å²) in [5, 5.41) is 7.28. The molecule has 3 heteroatoms. The minimum Gasteiger partial charge on any atom is -0.370 e. The van der Waals surface area contributed by atoms with E-state index in [0.717, 1.165) is 24.6 Å². The van der Waals surface area contributed by atoms with Gasteiger partial charge in [-0.15, -0.1) is 0 Å². The van der Waals surface area contributed by atoms with Gasteiger partial charge in [-0.05, 0) is 12.1 Å². The highest BCUT2D eigenvalue weighted by atomic mass is 15.1. The number of rotatable bonds is 0. The van der Waals surface area contributed by atoms with E-state index in [9.17, 15) is 0 Å². The lowest BCUT2D eigenvalue weighted by atomic mass is 10.2. The maximum absolute atomic E-state index is 4.16. The van der Waals surface area contributed by atoms with E-state index >= 15 is 0 Å². The van der Waals surface area contributed by atoms with Crippen molar-refractivity contribution in [3.63, 3.8) is 0 Å². The van der Waals surface area contributed by atoms with Crippen molar-refractivity contribution < 1.29 is 0 Å². The van der Waals surface area contributed by atoms with E-state index in [1.807, 2.05) is 12.1 Å². The lowest BCUT2D eigenvalue weighted by Crippen LogP contribution is -2.22. The molecular weight excluding hydrogens is 126 g/mol. The molecule has 0 saturated carbocycles. The lowest BCUT2D eigenvalue weighted by Gasteiger charge is -2.15. The molecule has 0 aliphatic carbocycles. The molecule has 0 saturated heterocycles. The van der Waals surface area contributed by atoms with E-state index in [-0.39, 0.29) is 0 Å². The third-order valence-corrected chi connectivity index (χ3v) is 1.53. The first-order valence-corrected chi connectivity index (χ1v) is 3.28. The standard InChI is InChI=1S/C7H8N3/c1-2-6-7(9-3-1)4-8-5-10-6/h1-3,10H,4-5H2. The van der Waals surface area contributed by atoms with Gasteiger partial charge in [-0.1, -0.05) is 0 Å². The van der Waals surface area contributed by atoms with Gasteiger partial charge in [-0.25, -0.2) is 5.32 Å². The summed E-state index contributed by atoms with van der Waals surface area (Å²) < 4.78 is 0. The van der Waals surface area contributed by atoms with E-state index in [0.29, 0.717) is 0 Å². The molecule has 1 aliphatic rings. The average Bonchev–Trinajstić information content (AvgIpc) is 2.05. The highest BCUT2D eigenvalue weighted by Gasteiger charge is 2.06. The molecule has 1 aromatic heterocycles. The molecule has 3 nitrogen and oxygen atoms in total. The van der Waals surface area contributed by atoms with Crippen LogP contribution in [0.15, 0.2) is 18.3 Å². The molecule has 2 rings (SSSR count). The second-order valence-electron chi connectivity index (χ2n) is 2.21. The number of pyridine rings is 1. The maximum Gasteiger partial charge on any atom is 0.0820 e. The molecule has 1 aliphatic heterocycles. The van der Waals surface area contributed by atoms with Crippen LogP contribution in [0, 0.1) is 0 Å². The Morgan fingerprint density at radius 1 is 1.50 bits per heavy atom. The lowest BCUT2D eigenvalue weighted by molar-refractivity contribution is 0.676. The number of nitrogens with one attached hydrogen (secondary N) is 1. The van der Waals surface area contributed by atoms with Crippen LogP contribution >= 0.6 is 0 Å². The topological polar surface area (TPSA) is 39.0 Å². The zero-order valence-corrected chi connectivity index (χ0v) is 5.54. The smallest absolute Gasteiger partial charge is 0.0820 e. The molecule has 0 bridgehead atoms. The minimum atomic E-state index is 0.721. The highest BCUT2D eigenvalue weighted by molar-refractivity contribution is 5.48. The van der Waals surface area contributed by atoms with Gasteiger partial charge in [0.15, 0.2) is 0 Å². The van der Waals surface area contributed by atoms with Gasteiger partial charge in [0.2, 0.25) is 0 Å². The summed E-state index contributed by atoms with van der Waals surface area (Å²) >= 11 is 0. The van der Waals surface area contributed by atoms with Gasteiger partial charge in [0.1, 0.15) is 0 Å². The molecule has 0 atom stereocenters. The van der Waals surface area contributed by atoms with Crippen molar-refractivity contribution in [2.45, 2.75) is 6.54 Å². The van der Waals surface area contributed by atoms with Crippen LogP contribution in [0.1, 0.15) is 5.69 Å². The quantitative estimate of drug-likeness (QED) is 0.563. The number of nitrogens with zero attached hydrogens (tertiary/aromatic N) is 2. The predicted molar refractivity (Wildman–Crippen MR) is 38.6 cm³/mol. The van der Waals surface area contributed by atoms with Crippen molar-refractivity contribution in [1.29, 1.82) is 0 Å². The summed E-state index contributed by atoms with van der Waals surface area (Å²) in [4.78, 5) is 4.16. The number of aromatic nitrogens is 1. The zero-order chi connectivity index (χ0) is 6.81. The molecule has 0 fully saturated rings. The van der Waals surface area contributed by atoms with E-state index < -0.39 is 0 Å². The molecule has 0 unspecified atom stereocenters. The predicted octanol–water partition coefficient (Wildman–Crippen LogP) is 0.569. The van der Waals surface area contributed by atoms with E-state index in [1.54, 1.807) is 6.20 Å². The summed E-state index contributed by atoms with van der Waals surface area (Å²) in [6.07, 6.45) is 1.79. The number of fused-ring (bicyclic) bond motifs is 1. The largest absolute Gasteiger partial charge is 0.370 e. The molecular formula is C7H8N3. The van der Waals surface area contributed by atoms with Crippen LogP contribution in [0.3, 0.4) is 0 Å². The second kappa shape index (κ2) is 2.27. The number of hydrogen-bond donors (Lipinski definition) is 1. The van der Waals surface area contributed by atoms with E-state index in [1.165, 1.54) is 0 Å². The summed E-state index contributed by atoms with van der Waals surface area (Å²) in [5.74, 6) is 0. The highest BCUT2D eigenvalue weighted by Crippen LogP contribution is 2.13. The van der Waals surface area contributed by atoms with Gasteiger partial charge in [-0.3, -0.25) is 4.98 Å². The van der Waals surface area contributed by atoms with E-state index in [2.05, 4.69) is 15.6 Å². The monoisotopic (exact) mass is 134 g/mol. The van der Waals surface area contributed by atoms with Gasteiger partial charge in [-0.2, -0.15) is 0 Å². The molecule has 2 heterocycles. The van der Waals surface area contributed by atoms with Gasteiger partial charge in [0, 0.05) is 6.20 Å². The fourth-order valence-corrected chi connectivity index (χ4v) is 1.03. The Morgan fingerprint density at radius 3 is 3.40 bits per heavy atom. The Morgan fingerprint density at radius 2 is 2.50 bits per heavy atom. The van der Waals surface area contributed by atoms with Crippen LogP contribution in [-0.4, -0.2) is 11.7 Å². The average molecular weight is 134 g/mol. The Hall–Kier alpha value is -1.09. The Bertz CT molecular complexity index is 209. The molecule has 1 radical (unpaired) electrons. The fourth-order valence-electron chi connectivity index (χ4n) is 1.03. The molecule has 51 valence electrons. The van der Waals surface area contributed by atoms with Crippen LogP contribution in [0.2, 0.25) is 0 Å². The van der Waals surface area contributed by atoms with Crippen LogP contribution in [0.5, 0.6) is 0 Å². The molecule has 1 aromatic rings. The third-order valence-electron chi connectivity index (χ3n) is 1.53. The molecule has 0 amide bonds. The summed E-state index contributed by atoms with van der Waals surface area (Å²) in [6.45, 7) is 1.47. The summed E-state index contributed by atoms with van der Waals surface area (Å²) in [6, 6.07) is 3.95. The Labute approximate surface area is 59.5 Å². The molecule has 0 aromatic carbocycles. The van der Waals surface area contributed by atoms with Gasteiger partial charge in [0.05, 0.1) is 24.6 Å². The first kappa shape index (κ1) is 5.68. The second-order valence-corrected chi connectivity index (χ2v) is 2.21. The van der Waals surface area contributed by atoms with Crippen molar-refractivity contribution in [3.05, 3.63) is 24.0 Å². The Kier molecular flexibility index (Phi) is 1.29. The normalized spacial score (nSPS) is 15.6. The van der Waals surface area contributed by atoms with Gasteiger partial charge < -0.3 is 5.32 Å².